The number of ether oxygens (including phenoxy) is 1. The molecule has 0 fully saturated rings. The summed E-state index contributed by atoms with van der Waals surface area (Å²) in [5.74, 6) is 5.52. The Bertz CT molecular complexity index is 151. The predicted octanol–water partition coefficient (Wildman–Crippen LogP) is 0.914. The van der Waals surface area contributed by atoms with Crippen LogP contribution in [0.5, 0.6) is 0 Å². The summed E-state index contributed by atoms with van der Waals surface area (Å²) in [6.07, 6.45) is 1.36. The Morgan fingerprint density at radius 3 is 2.62 bits per heavy atom. The highest BCUT2D eigenvalue weighted by atomic mass is 16.5. The van der Waals surface area contributed by atoms with Crippen LogP contribution in [0.4, 0.5) is 0 Å². The van der Waals surface area contributed by atoms with Crippen LogP contribution in [0.2, 0.25) is 0 Å². The third kappa shape index (κ3) is 5.60. The highest BCUT2D eigenvalue weighted by Gasteiger charge is 2.09. The van der Waals surface area contributed by atoms with Crippen molar-refractivity contribution in [1.82, 2.24) is 5.01 Å². The zero-order valence-corrected chi connectivity index (χ0v) is 8.75. The van der Waals surface area contributed by atoms with Crippen LogP contribution in [0.1, 0.15) is 33.6 Å². The molecule has 0 heterocycles. The molecule has 1 atom stereocenters. The van der Waals surface area contributed by atoms with Crippen LogP contribution in [0, 0.1) is 0 Å². The summed E-state index contributed by atoms with van der Waals surface area (Å²) in [6.45, 7) is 6.90. The van der Waals surface area contributed by atoms with Crippen LogP contribution < -0.4 is 5.84 Å². The second kappa shape index (κ2) is 6.86. The summed E-state index contributed by atoms with van der Waals surface area (Å²) in [5, 5.41) is 1.68. The Morgan fingerprint density at radius 1 is 1.54 bits per heavy atom. The number of nitrogens with zero attached hydrogens (tertiary/aromatic N) is 1. The average molecular weight is 188 g/mol. The van der Waals surface area contributed by atoms with Gasteiger partial charge in [0.15, 0.2) is 0 Å². The van der Waals surface area contributed by atoms with Crippen molar-refractivity contribution in [3.63, 3.8) is 0 Å². The van der Waals surface area contributed by atoms with Crippen molar-refractivity contribution < 1.29 is 9.53 Å². The lowest BCUT2D eigenvalue weighted by molar-refractivity contribution is -0.143. The van der Waals surface area contributed by atoms with Crippen molar-refractivity contribution in [3.8, 4) is 0 Å². The molecule has 0 aromatic carbocycles. The molecule has 0 bridgehead atoms. The van der Waals surface area contributed by atoms with Crippen molar-refractivity contribution >= 4 is 5.97 Å². The normalized spacial score (nSPS) is 13.0. The van der Waals surface area contributed by atoms with Crippen LogP contribution >= 0.6 is 0 Å². The van der Waals surface area contributed by atoms with E-state index in [1.807, 2.05) is 6.92 Å². The Labute approximate surface area is 80.0 Å². The molecule has 78 valence electrons. The summed E-state index contributed by atoms with van der Waals surface area (Å²) in [6, 6.07) is 0.314. The highest BCUT2D eigenvalue weighted by Crippen LogP contribution is 1.98. The minimum absolute atomic E-state index is 0.179. The van der Waals surface area contributed by atoms with Crippen LogP contribution in [-0.4, -0.2) is 30.2 Å². The summed E-state index contributed by atoms with van der Waals surface area (Å²) in [4.78, 5) is 11.0. The van der Waals surface area contributed by atoms with Gasteiger partial charge in [0.2, 0.25) is 0 Å². The van der Waals surface area contributed by atoms with E-state index in [9.17, 15) is 4.79 Å². The Morgan fingerprint density at radius 2 is 2.15 bits per heavy atom. The molecule has 0 amide bonds. The van der Waals surface area contributed by atoms with Crippen molar-refractivity contribution in [3.05, 3.63) is 0 Å². The molecule has 0 rings (SSSR count). The van der Waals surface area contributed by atoms with Crippen molar-refractivity contribution in [2.75, 3.05) is 13.2 Å². The van der Waals surface area contributed by atoms with Gasteiger partial charge >= 0.3 is 5.97 Å². The molecule has 0 radical (unpaired) electrons. The number of hydrazine groups is 1. The van der Waals surface area contributed by atoms with E-state index in [-0.39, 0.29) is 5.97 Å². The first-order chi connectivity index (χ1) is 6.11. The lowest BCUT2D eigenvalue weighted by Gasteiger charge is -2.22. The van der Waals surface area contributed by atoms with Gasteiger partial charge in [0.25, 0.3) is 0 Å². The predicted molar refractivity (Wildman–Crippen MR) is 51.9 cm³/mol. The van der Waals surface area contributed by atoms with Gasteiger partial charge in [0, 0.05) is 12.6 Å². The van der Waals surface area contributed by atoms with E-state index in [4.69, 9.17) is 10.6 Å². The number of rotatable bonds is 6. The van der Waals surface area contributed by atoms with E-state index in [0.717, 1.165) is 6.42 Å². The van der Waals surface area contributed by atoms with Crippen LogP contribution in [0.3, 0.4) is 0 Å². The number of hydrogen-bond acceptors (Lipinski definition) is 4. The molecule has 1 unspecified atom stereocenters. The lowest BCUT2D eigenvalue weighted by Crippen LogP contribution is -2.40. The first-order valence-electron chi connectivity index (χ1n) is 4.78. The van der Waals surface area contributed by atoms with Crippen LogP contribution in [-0.2, 0) is 9.53 Å². The maximum atomic E-state index is 11.0. The molecule has 0 saturated carbocycles. The van der Waals surface area contributed by atoms with Gasteiger partial charge in [-0.3, -0.25) is 10.6 Å². The molecule has 13 heavy (non-hydrogen) atoms. The monoisotopic (exact) mass is 188 g/mol. The molecule has 0 aromatic rings. The number of carbonyl (C=O) groups is 1. The average Bonchev–Trinajstić information content (AvgIpc) is 2.13. The summed E-state index contributed by atoms with van der Waals surface area (Å²) >= 11 is 0. The molecule has 0 spiro atoms. The Balaban J connectivity index is 3.57. The van der Waals surface area contributed by atoms with Gasteiger partial charge in [0.1, 0.15) is 0 Å². The van der Waals surface area contributed by atoms with Crippen molar-refractivity contribution in [1.29, 1.82) is 0 Å². The number of carbonyl (C=O) groups excluding carboxylic acids is 1. The van der Waals surface area contributed by atoms with E-state index in [1.165, 1.54) is 0 Å². The molecular formula is C9H20N2O2. The first kappa shape index (κ1) is 12.4. The summed E-state index contributed by atoms with van der Waals surface area (Å²) in [7, 11) is 0. The van der Waals surface area contributed by atoms with Gasteiger partial charge in [-0.2, -0.15) is 0 Å². The van der Waals surface area contributed by atoms with Gasteiger partial charge in [-0.1, -0.05) is 6.92 Å². The van der Waals surface area contributed by atoms with E-state index in [1.54, 1.807) is 11.9 Å². The minimum atomic E-state index is -0.179. The molecule has 0 aliphatic rings. The zero-order valence-electron chi connectivity index (χ0n) is 8.75. The highest BCUT2D eigenvalue weighted by molar-refractivity contribution is 5.69. The van der Waals surface area contributed by atoms with E-state index in [0.29, 0.717) is 25.6 Å². The standard InChI is InChI=1S/C9H20N2O2/c1-4-8(3)11(10)7-6-9(12)13-5-2/h8H,4-7,10H2,1-3H3. The maximum absolute atomic E-state index is 11.0. The van der Waals surface area contributed by atoms with Gasteiger partial charge in [-0.05, 0) is 20.3 Å². The topological polar surface area (TPSA) is 55.6 Å². The summed E-state index contributed by atoms with van der Waals surface area (Å²) < 4.78 is 4.78. The molecule has 4 heteroatoms. The number of nitrogens with two attached hydrogens (primary N) is 1. The molecule has 2 N–H and O–H groups in total. The smallest absolute Gasteiger partial charge is 0.307 e. The molecule has 4 nitrogen and oxygen atoms in total. The third-order valence-corrected chi connectivity index (χ3v) is 2.04. The Kier molecular flexibility index (Phi) is 6.54. The summed E-state index contributed by atoms with van der Waals surface area (Å²) in [5.41, 5.74) is 0. The minimum Gasteiger partial charge on any atom is -0.466 e. The van der Waals surface area contributed by atoms with Gasteiger partial charge in [0.05, 0.1) is 13.0 Å². The maximum Gasteiger partial charge on any atom is 0.307 e. The second-order valence-electron chi connectivity index (χ2n) is 3.05. The quantitative estimate of drug-likeness (QED) is 0.382. The molecule has 0 aliphatic carbocycles. The van der Waals surface area contributed by atoms with Gasteiger partial charge in [-0.15, -0.1) is 0 Å². The zero-order chi connectivity index (χ0) is 10.3. The van der Waals surface area contributed by atoms with E-state index in [2.05, 4.69) is 6.92 Å². The van der Waals surface area contributed by atoms with E-state index >= 15 is 0 Å². The lowest BCUT2D eigenvalue weighted by atomic mass is 10.2. The Hall–Kier alpha value is -0.610. The number of hydrogen-bond donors (Lipinski definition) is 1. The molecule has 0 aromatic heterocycles. The number of esters is 1. The fourth-order valence-corrected chi connectivity index (χ4v) is 0.908. The molecular weight excluding hydrogens is 168 g/mol. The SMILES string of the molecule is CCOC(=O)CCN(N)C(C)CC. The van der Waals surface area contributed by atoms with Crippen molar-refractivity contribution in [2.45, 2.75) is 39.7 Å². The molecule has 0 saturated heterocycles. The fourth-order valence-electron chi connectivity index (χ4n) is 0.908. The first-order valence-corrected chi connectivity index (χ1v) is 4.78. The van der Waals surface area contributed by atoms with Crippen LogP contribution in [0.15, 0.2) is 0 Å². The van der Waals surface area contributed by atoms with Crippen LogP contribution in [0.25, 0.3) is 0 Å². The van der Waals surface area contributed by atoms with Gasteiger partial charge < -0.3 is 4.74 Å². The van der Waals surface area contributed by atoms with Crippen molar-refractivity contribution in [2.24, 2.45) is 5.84 Å². The molecule has 0 aliphatic heterocycles. The fraction of sp³-hybridized carbons (Fsp3) is 0.889. The second-order valence-corrected chi connectivity index (χ2v) is 3.05. The van der Waals surface area contributed by atoms with Gasteiger partial charge in [-0.25, -0.2) is 5.01 Å². The third-order valence-electron chi connectivity index (χ3n) is 2.04. The van der Waals surface area contributed by atoms with E-state index < -0.39 is 0 Å². The largest absolute Gasteiger partial charge is 0.466 e.